The average Bonchev–Trinajstić information content (AvgIpc) is 3.14. The number of esters is 1. The van der Waals surface area contributed by atoms with Crippen molar-refractivity contribution < 1.29 is 18.7 Å². The maximum atomic E-state index is 12.0. The van der Waals surface area contributed by atoms with Gasteiger partial charge in [0.15, 0.2) is 0 Å². The molecule has 0 spiro atoms. The maximum Gasteiger partial charge on any atom is 0.336 e. The molecule has 0 fully saturated rings. The molecule has 4 aromatic rings. The van der Waals surface area contributed by atoms with Crippen molar-refractivity contribution in [3.63, 3.8) is 0 Å². The number of aryl methyl sites for hydroxylation is 1. The van der Waals surface area contributed by atoms with E-state index >= 15 is 0 Å². The molecule has 0 aliphatic heterocycles. The zero-order valence-corrected chi connectivity index (χ0v) is 16.7. The van der Waals surface area contributed by atoms with Gasteiger partial charge in [-0.25, -0.2) is 14.6 Å². The lowest BCUT2D eigenvalue weighted by Crippen LogP contribution is -2.13. The summed E-state index contributed by atoms with van der Waals surface area (Å²) in [5, 5.41) is 1.56. The molecule has 0 aliphatic carbocycles. The third kappa shape index (κ3) is 4.52. The van der Waals surface area contributed by atoms with Gasteiger partial charge in [0.1, 0.15) is 23.8 Å². The van der Waals surface area contributed by atoms with Crippen LogP contribution in [0.5, 0.6) is 0 Å². The van der Waals surface area contributed by atoms with E-state index in [4.69, 9.17) is 13.9 Å². The minimum Gasteiger partial charge on any atom is -0.459 e. The van der Waals surface area contributed by atoms with Crippen LogP contribution in [0.15, 0.2) is 57.7 Å². The fraction of sp³-hybridized carbons (Fsp3) is 0.227. The molecule has 148 valence electrons. The monoisotopic (exact) mass is 409 g/mol. The van der Waals surface area contributed by atoms with Crippen molar-refractivity contribution in [3.05, 3.63) is 75.1 Å². The molecule has 6 nitrogen and oxygen atoms in total. The number of aromatic nitrogens is 1. The Bertz CT molecular complexity index is 1190. The van der Waals surface area contributed by atoms with Crippen molar-refractivity contribution in [1.29, 1.82) is 0 Å². The quantitative estimate of drug-likeness (QED) is 0.336. The van der Waals surface area contributed by atoms with Crippen LogP contribution in [-0.2, 0) is 33.9 Å². The van der Waals surface area contributed by atoms with E-state index in [-0.39, 0.29) is 19.8 Å². The van der Waals surface area contributed by atoms with Gasteiger partial charge in [0, 0.05) is 17.0 Å². The molecule has 0 N–H and O–H groups in total. The van der Waals surface area contributed by atoms with Crippen LogP contribution < -0.4 is 5.63 Å². The van der Waals surface area contributed by atoms with Crippen LogP contribution in [0.4, 0.5) is 0 Å². The summed E-state index contributed by atoms with van der Waals surface area (Å²) in [5.74, 6) is -0.502. The molecule has 2 aromatic heterocycles. The van der Waals surface area contributed by atoms with Gasteiger partial charge in [-0.3, -0.25) is 0 Å². The van der Waals surface area contributed by atoms with Crippen molar-refractivity contribution in [2.45, 2.75) is 26.6 Å². The van der Waals surface area contributed by atoms with Gasteiger partial charge in [-0.15, -0.1) is 11.3 Å². The highest BCUT2D eigenvalue weighted by molar-refractivity contribution is 7.18. The van der Waals surface area contributed by atoms with E-state index in [1.165, 1.54) is 17.4 Å². The summed E-state index contributed by atoms with van der Waals surface area (Å²) in [6.07, 6.45) is 0.838. The molecule has 4 rings (SSSR count). The lowest BCUT2D eigenvalue weighted by Gasteiger charge is -2.08. The fourth-order valence-corrected chi connectivity index (χ4v) is 3.92. The summed E-state index contributed by atoms with van der Waals surface area (Å²) < 4.78 is 17.1. The molecule has 0 amide bonds. The average molecular weight is 409 g/mol. The molecule has 2 aromatic carbocycles. The Morgan fingerprint density at radius 2 is 2.00 bits per heavy atom. The topological polar surface area (TPSA) is 78.6 Å². The van der Waals surface area contributed by atoms with Crippen molar-refractivity contribution in [2.24, 2.45) is 0 Å². The first kappa shape index (κ1) is 19.3. The molecule has 0 aliphatic rings. The summed E-state index contributed by atoms with van der Waals surface area (Å²) in [6.45, 7) is 2.07. The van der Waals surface area contributed by atoms with Crippen molar-refractivity contribution in [2.75, 3.05) is 6.61 Å². The van der Waals surface area contributed by atoms with Crippen LogP contribution in [0.25, 0.3) is 21.2 Å². The molecule has 29 heavy (non-hydrogen) atoms. The highest BCUT2D eigenvalue weighted by Gasteiger charge is 2.11. The van der Waals surface area contributed by atoms with Gasteiger partial charge in [-0.05, 0) is 30.2 Å². The van der Waals surface area contributed by atoms with Crippen molar-refractivity contribution in [3.8, 4) is 0 Å². The summed E-state index contributed by atoms with van der Waals surface area (Å²) in [4.78, 5) is 28.3. The Kier molecular flexibility index (Phi) is 5.69. The number of nitrogens with zero attached hydrogens (tertiary/aromatic N) is 1. The van der Waals surface area contributed by atoms with Crippen molar-refractivity contribution in [1.82, 2.24) is 4.98 Å². The number of para-hydroxylation sites is 1. The molecule has 0 atom stereocenters. The third-order valence-corrected chi connectivity index (χ3v) is 5.49. The lowest BCUT2D eigenvalue weighted by molar-refractivity contribution is -0.150. The minimum atomic E-state index is -0.502. The molecule has 0 saturated carbocycles. The second-order valence-corrected chi connectivity index (χ2v) is 7.62. The molecule has 0 radical (unpaired) electrons. The number of hydrogen-bond donors (Lipinski definition) is 0. The van der Waals surface area contributed by atoms with Crippen LogP contribution in [0.2, 0.25) is 0 Å². The number of hydrogen-bond acceptors (Lipinski definition) is 7. The van der Waals surface area contributed by atoms with Crippen LogP contribution in [0.3, 0.4) is 0 Å². The molecular weight excluding hydrogens is 390 g/mol. The van der Waals surface area contributed by atoms with Crippen LogP contribution in [0.1, 0.15) is 23.1 Å². The summed E-state index contributed by atoms with van der Waals surface area (Å²) in [6, 6.07) is 14.9. The fourth-order valence-electron chi connectivity index (χ4n) is 3.02. The Labute approximate surface area is 170 Å². The highest BCUT2D eigenvalue weighted by Crippen LogP contribution is 2.22. The zero-order chi connectivity index (χ0) is 20.2. The summed E-state index contributed by atoms with van der Waals surface area (Å²) in [7, 11) is 0. The van der Waals surface area contributed by atoms with E-state index < -0.39 is 11.6 Å². The predicted octanol–water partition coefficient (Wildman–Crippen LogP) is 4.23. The highest BCUT2D eigenvalue weighted by atomic mass is 32.1. The van der Waals surface area contributed by atoms with Gasteiger partial charge >= 0.3 is 11.6 Å². The maximum absolute atomic E-state index is 12.0. The first-order valence-electron chi connectivity index (χ1n) is 9.26. The van der Waals surface area contributed by atoms with E-state index in [0.29, 0.717) is 11.1 Å². The Hall–Kier alpha value is -3.03. The Morgan fingerprint density at radius 1 is 1.14 bits per heavy atom. The Balaban J connectivity index is 1.35. The number of benzene rings is 2. The van der Waals surface area contributed by atoms with Gasteiger partial charge in [-0.1, -0.05) is 31.2 Å². The van der Waals surface area contributed by atoms with Gasteiger partial charge in [0.05, 0.1) is 16.8 Å². The number of carbonyl (C=O) groups excluding carboxylic acids is 1. The molecule has 7 heteroatoms. The molecule has 0 saturated heterocycles. The largest absolute Gasteiger partial charge is 0.459 e. The van der Waals surface area contributed by atoms with E-state index in [1.807, 2.05) is 49.4 Å². The van der Waals surface area contributed by atoms with Gasteiger partial charge in [-0.2, -0.15) is 0 Å². The molecule has 0 unspecified atom stereocenters. The molecular formula is C22H19NO5S. The number of ether oxygens (including phenoxy) is 2. The molecule has 0 bridgehead atoms. The van der Waals surface area contributed by atoms with E-state index in [1.54, 1.807) is 0 Å². The Morgan fingerprint density at radius 3 is 2.83 bits per heavy atom. The van der Waals surface area contributed by atoms with Crippen molar-refractivity contribution >= 4 is 38.5 Å². The third-order valence-electron chi connectivity index (χ3n) is 4.48. The van der Waals surface area contributed by atoms with Crippen LogP contribution in [-0.4, -0.2) is 17.6 Å². The van der Waals surface area contributed by atoms with E-state index in [2.05, 4.69) is 4.98 Å². The predicted molar refractivity (Wildman–Crippen MR) is 111 cm³/mol. The van der Waals surface area contributed by atoms with Gasteiger partial charge < -0.3 is 13.9 Å². The SMILES string of the molecule is CCc1ccc2c(COC(=O)COCc3nc4ccccc4s3)cc(=O)oc2c1. The van der Waals surface area contributed by atoms with Crippen LogP contribution in [0, 0.1) is 0 Å². The van der Waals surface area contributed by atoms with Gasteiger partial charge in [0.2, 0.25) is 0 Å². The standard InChI is InChI=1S/C22H19NO5S/c1-2-14-7-8-16-15(10-21(24)28-18(16)9-14)11-27-22(25)13-26-12-20-23-17-5-3-4-6-19(17)29-20/h3-10H,2,11-13H2,1H3. The first-order valence-corrected chi connectivity index (χ1v) is 10.1. The lowest BCUT2D eigenvalue weighted by atomic mass is 10.1. The number of fused-ring (bicyclic) bond motifs is 2. The smallest absolute Gasteiger partial charge is 0.336 e. The second-order valence-electron chi connectivity index (χ2n) is 6.50. The van der Waals surface area contributed by atoms with E-state index in [9.17, 15) is 9.59 Å². The first-order chi connectivity index (χ1) is 14.1. The van der Waals surface area contributed by atoms with E-state index in [0.717, 1.165) is 32.6 Å². The van der Waals surface area contributed by atoms with Gasteiger partial charge in [0.25, 0.3) is 0 Å². The normalized spacial score (nSPS) is 11.2. The number of carbonyl (C=O) groups is 1. The summed E-state index contributed by atoms with van der Waals surface area (Å²) in [5.41, 5.74) is 2.62. The number of thiazole rings is 1. The minimum absolute atomic E-state index is 0.0170. The second kappa shape index (κ2) is 8.55. The molecule has 2 heterocycles. The number of rotatable bonds is 7. The summed E-state index contributed by atoms with van der Waals surface area (Å²) >= 11 is 1.53. The zero-order valence-electron chi connectivity index (χ0n) is 15.8. The van der Waals surface area contributed by atoms with Crippen LogP contribution >= 0.6 is 11.3 Å².